The summed E-state index contributed by atoms with van der Waals surface area (Å²) in [5.74, 6) is 0.646. The second-order valence-corrected chi connectivity index (χ2v) is 4.86. The molecule has 86 valence electrons. The first-order valence-electron chi connectivity index (χ1n) is 5.61. The number of rotatable bonds is 3. The highest BCUT2D eigenvalue weighted by atomic mass is 16.4. The zero-order chi connectivity index (χ0) is 11.4. The lowest BCUT2D eigenvalue weighted by atomic mass is 9.92. The van der Waals surface area contributed by atoms with E-state index in [1.54, 1.807) is 6.92 Å². The maximum absolute atomic E-state index is 10.6. The topological polar surface area (TPSA) is 40.5 Å². The minimum absolute atomic E-state index is 0.445. The number of nitrogens with zero attached hydrogens (tertiary/aromatic N) is 1. The normalized spacial score (nSPS) is 29.1. The van der Waals surface area contributed by atoms with Crippen LogP contribution in [0.2, 0.25) is 0 Å². The molecular formula is C12H21NO2. The molecule has 0 aromatic rings. The van der Waals surface area contributed by atoms with Gasteiger partial charge in [-0.15, -0.1) is 0 Å². The maximum atomic E-state index is 10.6. The van der Waals surface area contributed by atoms with Crippen LogP contribution in [-0.4, -0.2) is 35.6 Å². The average Bonchev–Trinajstić information content (AvgIpc) is 2.12. The molecule has 2 atom stereocenters. The molecule has 3 nitrogen and oxygen atoms in total. The van der Waals surface area contributed by atoms with E-state index in [0.717, 1.165) is 31.5 Å². The third-order valence-electron chi connectivity index (χ3n) is 2.94. The highest BCUT2D eigenvalue weighted by Gasteiger charge is 2.20. The van der Waals surface area contributed by atoms with Crippen LogP contribution < -0.4 is 0 Å². The fourth-order valence-electron chi connectivity index (χ4n) is 2.29. The van der Waals surface area contributed by atoms with E-state index in [-0.39, 0.29) is 0 Å². The molecular weight excluding hydrogens is 190 g/mol. The Bertz CT molecular complexity index is 250. The summed E-state index contributed by atoms with van der Waals surface area (Å²) in [5, 5.41) is 8.73. The average molecular weight is 211 g/mol. The lowest BCUT2D eigenvalue weighted by molar-refractivity contribution is -0.132. The van der Waals surface area contributed by atoms with Crippen molar-refractivity contribution in [2.75, 3.05) is 19.6 Å². The van der Waals surface area contributed by atoms with E-state index in [2.05, 4.69) is 18.7 Å². The van der Waals surface area contributed by atoms with Crippen LogP contribution in [0.5, 0.6) is 0 Å². The van der Waals surface area contributed by atoms with E-state index in [1.807, 2.05) is 6.08 Å². The lowest BCUT2D eigenvalue weighted by Crippen LogP contribution is -2.38. The number of piperidine rings is 1. The fraction of sp³-hybridized carbons (Fsp3) is 0.750. The largest absolute Gasteiger partial charge is 0.478 e. The van der Waals surface area contributed by atoms with Gasteiger partial charge in [0.05, 0.1) is 0 Å². The predicted molar refractivity (Wildman–Crippen MR) is 60.8 cm³/mol. The van der Waals surface area contributed by atoms with E-state index in [9.17, 15) is 4.79 Å². The Balaban J connectivity index is 2.45. The van der Waals surface area contributed by atoms with Crippen molar-refractivity contribution in [1.82, 2.24) is 4.90 Å². The number of hydrogen-bond donors (Lipinski definition) is 1. The summed E-state index contributed by atoms with van der Waals surface area (Å²) in [5.41, 5.74) is 0.445. The first-order valence-corrected chi connectivity index (χ1v) is 5.61. The van der Waals surface area contributed by atoms with Gasteiger partial charge in [-0.1, -0.05) is 19.9 Å². The Hall–Kier alpha value is -0.830. The van der Waals surface area contributed by atoms with Gasteiger partial charge in [0.2, 0.25) is 0 Å². The fourth-order valence-corrected chi connectivity index (χ4v) is 2.29. The molecule has 3 heteroatoms. The second kappa shape index (κ2) is 5.31. The third-order valence-corrected chi connectivity index (χ3v) is 2.94. The van der Waals surface area contributed by atoms with Crippen molar-refractivity contribution in [3.63, 3.8) is 0 Å². The summed E-state index contributed by atoms with van der Waals surface area (Å²) in [7, 11) is 0. The Morgan fingerprint density at radius 1 is 1.40 bits per heavy atom. The molecule has 1 aliphatic rings. The molecule has 0 aliphatic carbocycles. The summed E-state index contributed by atoms with van der Waals surface area (Å²) in [4.78, 5) is 13.0. The molecule has 0 bridgehead atoms. The van der Waals surface area contributed by atoms with Crippen molar-refractivity contribution < 1.29 is 9.90 Å². The summed E-state index contributed by atoms with van der Waals surface area (Å²) in [6, 6.07) is 0. The van der Waals surface area contributed by atoms with Crippen LogP contribution in [0.1, 0.15) is 27.2 Å². The summed E-state index contributed by atoms with van der Waals surface area (Å²) >= 11 is 0. The second-order valence-electron chi connectivity index (χ2n) is 4.86. The molecule has 2 unspecified atom stereocenters. The highest BCUT2D eigenvalue weighted by Crippen LogP contribution is 2.20. The quantitative estimate of drug-likeness (QED) is 0.726. The number of hydrogen-bond acceptors (Lipinski definition) is 2. The first-order chi connectivity index (χ1) is 6.99. The van der Waals surface area contributed by atoms with Crippen LogP contribution in [0.25, 0.3) is 0 Å². The summed E-state index contributed by atoms with van der Waals surface area (Å²) in [6.07, 6.45) is 3.10. The third kappa shape index (κ3) is 4.04. The lowest BCUT2D eigenvalue weighted by Gasteiger charge is -2.34. The molecule has 1 saturated heterocycles. The number of carbonyl (C=O) groups is 1. The van der Waals surface area contributed by atoms with Crippen molar-refractivity contribution in [1.29, 1.82) is 0 Å². The zero-order valence-electron chi connectivity index (χ0n) is 9.86. The maximum Gasteiger partial charge on any atom is 0.330 e. The van der Waals surface area contributed by atoms with Gasteiger partial charge in [-0.25, -0.2) is 4.79 Å². The Labute approximate surface area is 91.8 Å². The van der Waals surface area contributed by atoms with Crippen LogP contribution in [0.3, 0.4) is 0 Å². The van der Waals surface area contributed by atoms with Crippen LogP contribution in [0.15, 0.2) is 11.6 Å². The molecule has 1 N–H and O–H groups in total. The van der Waals surface area contributed by atoms with Crippen LogP contribution in [0.4, 0.5) is 0 Å². The van der Waals surface area contributed by atoms with E-state index in [1.165, 1.54) is 6.42 Å². The van der Waals surface area contributed by atoms with E-state index in [4.69, 9.17) is 5.11 Å². The summed E-state index contributed by atoms with van der Waals surface area (Å²) < 4.78 is 0. The number of likely N-dealkylation sites (tertiary alicyclic amines) is 1. The Morgan fingerprint density at radius 2 is 1.93 bits per heavy atom. The van der Waals surface area contributed by atoms with Gasteiger partial charge in [0.1, 0.15) is 0 Å². The van der Waals surface area contributed by atoms with Crippen molar-refractivity contribution in [3.8, 4) is 0 Å². The van der Waals surface area contributed by atoms with Crippen molar-refractivity contribution in [3.05, 3.63) is 11.6 Å². The molecule has 1 aliphatic heterocycles. The predicted octanol–water partition coefficient (Wildman–Crippen LogP) is 2.00. The highest BCUT2D eigenvalue weighted by molar-refractivity contribution is 5.85. The zero-order valence-corrected chi connectivity index (χ0v) is 9.86. The first kappa shape index (κ1) is 12.2. The summed E-state index contributed by atoms with van der Waals surface area (Å²) in [6.45, 7) is 9.13. The smallest absolute Gasteiger partial charge is 0.330 e. The van der Waals surface area contributed by atoms with Crippen molar-refractivity contribution >= 4 is 5.97 Å². The van der Waals surface area contributed by atoms with Crippen LogP contribution in [0, 0.1) is 11.8 Å². The minimum Gasteiger partial charge on any atom is -0.478 e. The molecule has 0 amide bonds. The molecule has 0 saturated carbocycles. The van der Waals surface area contributed by atoms with Crippen LogP contribution in [-0.2, 0) is 4.79 Å². The van der Waals surface area contributed by atoms with Crippen molar-refractivity contribution in [2.24, 2.45) is 11.8 Å². The SMILES string of the molecule is CC(=CCN1CC(C)CC(C)C1)C(=O)O. The monoisotopic (exact) mass is 211 g/mol. The molecule has 0 aromatic heterocycles. The van der Waals surface area contributed by atoms with Crippen molar-refractivity contribution in [2.45, 2.75) is 27.2 Å². The molecule has 1 fully saturated rings. The van der Waals surface area contributed by atoms with Crippen LogP contribution >= 0.6 is 0 Å². The van der Waals surface area contributed by atoms with Gasteiger partial charge in [-0.3, -0.25) is 4.90 Å². The van der Waals surface area contributed by atoms with Gasteiger partial charge in [0.25, 0.3) is 0 Å². The Morgan fingerprint density at radius 3 is 2.40 bits per heavy atom. The molecule has 1 rings (SSSR count). The standard InChI is InChI=1S/C12H21NO2/c1-9-6-10(2)8-13(7-9)5-4-11(3)12(14)15/h4,9-10H,5-8H2,1-3H3,(H,14,15). The van der Waals surface area contributed by atoms with Gasteiger partial charge in [-0.05, 0) is 25.2 Å². The number of aliphatic carboxylic acids is 1. The molecule has 0 spiro atoms. The Kier molecular flexibility index (Phi) is 4.33. The van der Waals surface area contributed by atoms with E-state index < -0.39 is 5.97 Å². The van der Waals surface area contributed by atoms with E-state index >= 15 is 0 Å². The molecule has 15 heavy (non-hydrogen) atoms. The van der Waals surface area contributed by atoms with E-state index in [0.29, 0.717) is 5.57 Å². The van der Waals surface area contributed by atoms with Gasteiger partial charge in [0, 0.05) is 25.2 Å². The number of carboxylic acid groups (broad SMARTS) is 1. The molecule has 0 aromatic carbocycles. The number of carboxylic acids is 1. The van der Waals surface area contributed by atoms with Gasteiger partial charge in [0.15, 0.2) is 0 Å². The molecule has 0 radical (unpaired) electrons. The molecule has 1 heterocycles. The minimum atomic E-state index is -0.812. The van der Waals surface area contributed by atoms with Gasteiger partial charge < -0.3 is 5.11 Å². The van der Waals surface area contributed by atoms with Gasteiger partial charge >= 0.3 is 5.97 Å². The van der Waals surface area contributed by atoms with Gasteiger partial charge in [-0.2, -0.15) is 0 Å².